The summed E-state index contributed by atoms with van der Waals surface area (Å²) in [5, 5.41) is 0. The Morgan fingerprint density at radius 2 is 2.14 bits per heavy atom. The van der Waals surface area contributed by atoms with Crippen LogP contribution in [0.5, 0.6) is 0 Å². The highest BCUT2D eigenvalue weighted by atomic mass is 15.2. The SMILES string of the molecule is CC#CCCC(NN)C1C2CCCC21. The molecule has 2 heteroatoms. The number of rotatable bonds is 4. The molecular formula is C12H20N2. The molecule has 2 aliphatic rings. The van der Waals surface area contributed by atoms with Crippen LogP contribution in [0.1, 0.15) is 39.0 Å². The van der Waals surface area contributed by atoms with Gasteiger partial charge in [0.05, 0.1) is 0 Å². The van der Waals surface area contributed by atoms with Gasteiger partial charge in [0.25, 0.3) is 0 Å². The highest BCUT2D eigenvalue weighted by Gasteiger charge is 2.55. The molecule has 0 aromatic heterocycles. The van der Waals surface area contributed by atoms with Gasteiger partial charge >= 0.3 is 0 Å². The molecule has 0 aliphatic heterocycles. The summed E-state index contributed by atoms with van der Waals surface area (Å²) >= 11 is 0. The van der Waals surface area contributed by atoms with Crippen molar-refractivity contribution in [2.45, 2.75) is 45.1 Å². The molecule has 2 aliphatic carbocycles. The van der Waals surface area contributed by atoms with Crippen molar-refractivity contribution in [3.63, 3.8) is 0 Å². The van der Waals surface area contributed by atoms with Gasteiger partial charge < -0.3 is 0 Å². The van der Waals surface area contributed by atoms with E-state index < -0.39 is 0 Å². The van der Waals surface area contributed by atoms with Gasteiger partial charge in [0, 0.05) is 12.5 Å². The van der Waals surface area contributed by atoms with Gasteiger partial charge in [-0.1, -0.05) is 6.42 Å². The zero-order valence-electron chi connectivity index (χ0n) is 8.92. The lowest BCUT2D eigenvalue weighted by Crippen LogP contribution is -2.37. The van der Waals surface area contributed by atoms with Crippen LogP contribution in [0.15, 0.2) is 0 Å². The van der Waals surface area contributed by atoms with Crippen molar-refractivity contribution in [2.75, 3.05) is 0 Å². The summed E-state index contributed by atoms with van der Waals surface area (Å²) in [6.45, 7) is 1.90. The van der Waals surface area contributed by atoms with E-state index in [-0.39, 0.29) is 0 Å². The van der Waals surface area contributed by atoms with Gasteiger partial charge in [0.15, 0.2) is 0 Å². The smallest absolute Gasteiger partial charge is 0.0253 e. The quantitative estimate of drug-likeness (QED) is 0.404. The van der Waals surface area contributed by atoms with Crippen LogP contribution in [0.2, 0.25) is 0 Å². The lowest BCUT2D eigenvalue weighted by molar-refractivity contribution is 0.395. The van der Waals surface area contributed by atoms with Gasteiger partial charge in [0.2, 0.25) is 0 Å². The number of hydrazine groups is 1. The number of nitrogens with two attached hydrogens (primary N) is 1. The van der Waals surface area contributed by atoms with Crippen molar-refractivity contribution < 1.29 is 0 Å². The molecule has 2 fully saturated rings. The Morgan fingerprint density at radius 3 is 2.71 bits per heavy atom. The maximum Gasteiger partial charge on any atom is 0.0253 e. The maximum atomic E-state index is 5.60. The van der Waals surface area contributed by atoms with E-state index in [0.717, 1.165) is 30.6 Å². The van der Waals surface area contributed by atoms with Crippen LogP contribution < -0.4 is 11.3 Å². The minimum absolute atomic E-state index is 0.520. The average molecular weight is 192 g/mol. The predicted octanol–water partition coefficient (Wildman–Crippen LogP) is 1.67. The van der Waals surface area contributed by atoms with E-state index in [0.29, 0.717) is 6.04 Å². The summed E-state index contributed by atoms with van der Waals surface area (Å²) in [5.41, 5.74) is 2.98. The highest BCUT2D eigenvalue weighted by Crippen LogP contribution is 2.59. The Balaban J connectivity index is 1.78. The number of hydrogen-bond acceptors (Lipinski definition) is 2. The fourth-order valence-corrected chi connectivity index (χ4v) is 3.21. The monoisotopic (exact) mass is 192 g/mol. The Kier molecular flexibility index (Phi) is 3.10. The molecule has 0 saturated heterocycles. The van der Waals surface area contributed by atoms with E-state index in [1.165, 1.54) is 19.3 Å². The number of fused-ring (bicyclic) bond motifs is 1. The van der Waals surface area contributed by atoms with Gasteiger partial charge in [-0.25, -0.2) is 0 Å². The number of hydrogen-bond donors (Lipinski definition) is 2. The molecule has 2 nitrogen and oxygen atoms in total. The minimum Gasteiger partial charge on any atom is -0.271 e. The summed E-state index contributed by atoms with van der Waals surface area (Å²) in [7, 11) is 0. The van der Waals surface area contributed by atoms with Crippen molar-refractivity contribution in [2.24, 2.45) is 23.6 Å². The lowest BCUT2D eigenvalue weighted by Gasteiger charge is -2.16. The van der Waals surface area contributed by atoms with Gasteiger partial charge in [0.1, 0.15) is 0 Å². The molecule has 0 bridgehead atoms. The maximum absolute atomic E-state index is 5.60. The first kappa shape index (κ1) is 10.0. The van der Waals surface area contributed by atoms with Crippen molar-refractivity contribution in [1.82, 2.24) is 5.43 Å². The minimum atomic E-state index is 0.520. The third-order valence-electron chi connectivity index (χ3n) is 3.91. The highest BCUT2D eigenvalue weighted by molar-refractivity contribution is 5.07. The zero-order valence-corrected chi connectivity index (χ0v) is 8.92. The largest absolute Gasteiger partial charge is 0.271 e. The molecule has 3 N–H and O–H groups in total. The van der Waals surface area contributed by atoms with Crippen LogP contribution >= 0.6 is 0 Å². The van der Waals surface area contributed by atoms with E-state index in [1.54, 1.807) is 0 Å². The van der Waals surface area contributed by atoms with Gasteiger partial charge in [-0.3, -0.25) is 11.3 Å². The first-order chi connectivity index (χ1) is 6.88. The fourth-order valence-electron chi connectivity index (χ4n) is 3.21. The molecule has 0 radical (unpaired) electrons. The molecule has 2 saturated carbocycles. The van der Waals surface area contributed by atoms with Crippen LogP contribution in [0.25, 0.3) is 0 Å². The van der Waals surface area contributed by atoms with E-state index in [4.69, 9.17) is 5.84 Å². The van der Waals surface area contributed by atoms with Crippen molar-refractivity contribution in [3.05, 3.63) is 0 Å². The van der Waals surface area contributed by atoms with Crippen LogP contribution in [0.3, 0.4) is 0 Å². The lowest BCUT2D eigenvalue weighted by atomic mass is 10.0. The van der Waals surface area contributed by atoms with Crippen LogP contribution in [0, 0.1) is 29.6 Å². The molecule has 2 rings (SSSR count). The molecule has 0 aromatic rings. The summed E-state index contributed by atoms with van der Waals surface area (Å²) < 4.78 is 0. The topological polar surface area (TPSA) is 38.0 Å². The second-order valence-corrected chi connectivity index (χ2v) is 4.57. The second-order valence-electron chi connectivity index (χ2n) is 4.57. The zero-order chi connectivity index (χ0) is 9.97. The Labute approximate surface area is 86.6 Å². The molecule has 0 heterocycles. The van der Waals surface area contributed by atoms with Crippen molar-refractivity contribution >= 4 is 0 Å². The normalized spacial score (nSPS) is 35.7. The summed E-state index contributed by atoms with van der Waals surface area (Å²) in [4.78, 5) is 0. The Morgan fingerprint density at radius 1 is 1.43 bits per heavy atom. The molecule has 78 valence electrons. The molecule has 3 atom stereocenters. The van der Waals surface area contributed by atoms with E-state index >= 15 is 0 Å². The predicted molar refractivity (Wildman–Crippen MR) is 58.1 cm³/mol. The molecular weight excluding hydrogens is 172 g/mol. The standard InChI is InChI=1S/C12H20N2/c1-2-3-4-8-11(14-13)12-9-6-5-7-10(9)12/h9-12,14H,4-8,13H2,1H3. The van der Waals surface area contributed by atoms with Crippen molar-refractivity contribution in [1.29, 1.82) is 0 Å². The summed E-state index contributed by atoms with van der Waals surface area (Å²) in [6.07, 6.45) is 6.42. The average Bonchev–Trinajstić information content (AvgIpc) is 2.69. The second kappa shape index (κ2) is 4.33. The molecule has 14 heavy (non-hydrogen) atoms. The van der Waals surface area contributed by atoms with Gasteiger partial charge in [-0.05, 0) is 43.9 Å². The Hall–Kier alpha value is -0.520. The third-order valence-corrected chi connectivity index (χ3v) is 3.91. The Bertz CT molecular complexity index is 241. The first-order valence-electron chi connectivity index (χ1n) is 5.74. The van der Waals surface area contributed by atoms with Crippen LogP contribution in [-0.4, -0.2) is 6.04 Å². The molecule has 0 spiro atoms. The van der Waals surface area contributed by atoms with Gasteiger partial charge in [-0.15, -0.1) is 11.8 Å². The van der Waals surface area contributed by atoms with Crippen LogP contribution in [0.4, 0.5) is 0 Å². The van der Waals surface area contributed by atoms with Gasteiger partial charge in [-0.2, -0.15) is 0 Å². The molecule has 3 unspecified atom stereocenters. The first-order valence-corrected chi connectivity index (χ1v) is 5.74. The molecule has 0 amide bonds. The molecule has 0 aromatic carbocycles. The summed E-state index contributed by atoms with van der Waals surface area (Å²) in [6, 6.07) is 0.520. The summed E-state index contributed by atoms with van der Waals surface area (Å²) in [5.74, 6) is 14.5. The third kappa shape index (κ3) is 1.80. The fraction of sp³-hybridized carbons (Fsp3) is 0.833. The van der Waals surface area contributed by atoms with E-state index in [1.807, 2.05) is 6.92 Å². The van der Waals surface area contributed by atoms with E-state index in [9.17, 15) is 0 Å². The van der Waals surface area contributed by atoms with Crippen LogP contribution in [-0.2, 0) is 0 Å². The van der Waals surface area contributed by atoms with Crippen molar-refractivity contribution in [3.8, 4) is 11.8 Å². The number of nitrogens with one attached hydrogen (secondary N) is 1. The van der Waals surface area contributed by atoms with E-state index in [2.05, 4.69) is 17.3 Å².